The Balaban J connectivity index is 0.000000221. The third-order valence-corrected chi connectivity index (χ3v) is 5.59. The molecule has 0 radical (unpaired) electrons. The number of carboxylic acid groups (broad SMARTS) is 1. The van der Waals surface area contributed by atoms with Gasteiger partial charge in [0.2, 0.25) is 0 Å². The average Bonchev–Trinajstić information content (AvgIpc) is 2.64. The molecule has 28 heavy (non-hydrogen) atoms. The maximum atomic E-state index is 13.8. The average molecular weight is 418 g/mol. The van der Waals surface area contributed by atoms with Crippen molar-refractivity contribution in [1.29, 1.82) is 0 Å². The van der Waals surface area contributed by atoms with Gasteiger partial charge in [-0.15, -0.1) is 0 Å². The SMILES string of the molecule is Cc1ccc(S(=O)(=O)O)cc1.O=C(O)N1CC[C@@H](OC2CCNCC2)[C@H](F)C1. The molecule has 0 spiro atoms. The van der Waals surface area contributed by atoms with Crippen LogP contribution in [0.2, 0.25) is 0 Å². The fraction of sp³-hybridized carbons (Fsp3) is 0.611. The van der Waals surface area contributed by atoms with Crippen LogP contribution >= 0.6 is 0 Å². The smallest absolute Gasteiger partial charge is 0.407 e. The summed E-state index contributed by atoms with van der Waals surface area (Å²) < 4.78 is 49.1. The lowest BCUT2D eigenvalue weighted by Crippen LogP contribution is -2.49. The van der Waals surface area contributed by atoms with Crippen LogP contribution in [0.1, 0.15) is 24.8 Å². The topological polar surface area (TPSA) is 116 Å². The van der Waals surface area contributed by atoms with Gasteiger partial charge >= 0.3 is 6.09 Å². The van der Waals surface area contributed by atoms with Crippen LogP contribution in [0.3, 0.4) is 0 Å². The van der Waals surface area contributed by atoms with Crippen LogP contribution in [-0.4, -0.2) is 73.6 Å². The second-order valence-corrected chi connectivity index (χ2v) is 8.37. The van der Waals surface area contributed by atoms with Crippen molar-refractivity contribution in [2.45, 2.75) is 49.5 Å². The second-order valence-electron chi connectivity index (χ2n) is 6.95. The van der Waals surface area contributed by atoms with Crippen molar-refractivity contribution in [1.82, 2.24) is 10.2 Å². The molecule has 10 heteroatoms. The van der Waals surface area contributed by atoms with Gasteiger partial charge in [0.25, 0.3) is 10.1 Å². The van der Waals surface area contributed by atoms with Gasteiger partial charge in [-0.3, -0.25) is 4.55 Å². The number of halogens is 1. The van der Waals surface area contributed by atoms with E-state index >= 15 is 0 Å². The molecule has 0 bridgehead atoms. The lowest BCUT2D eigenvalue weighted by molar-refractivity contribution is -0.0871. The van der Waals surface area contributed by atoms with E-state index in [4.69, 9.17) is 14.4 Å². The summed E-state index contributed by atoms with van der Waals surface area (Å²) in [6.07, 6.45) is -0.290. The van der Waals surface area contributed by atoms with E-state index in [1.165, 1.54) is 12.1 Å². The van der Waals surface area contributed by atoms with Crippen molar-refractivity contribution >= 4 is 16.2 Å². The molecular weight excluding hydrogens is 391 g/mol. The van der Waals surface area contributed by atoms with Gasteiger partial charge in [-0.2, -0.15) is 8.42 Å². The molecule has 1 aromatic carbocycles. The van der Waals surface area contributed by atoms with Gasteiger partial charge < -0.3 is 20.1 Å². The summed E-state index contributed by atoms with van der Waals surface area (Å²) in [7, 11) is -4.02. The summed E-state index contributed by atoms with van der Waals surface area (Å²) in [6.45, 7) is 3.97. The molecule has 0 unspecified atom stereocenters. The van der Waals surface area contributed by atoms with Gasteiger partial charge in [0, 0.05) is 6.54 Å². The highest BCUT2D eigenvalue weighted by Crippen LogP contribution is 2.21. The molecule has 2 atom stereocenters. The normalized spacial score (nSPS) is 23.6. The van der Waals surface area contributed by atoms with Gasteiger partial charge in [-0.05, 0) is 51.4 Å². The third-order valence-electron chi connectivity index (χ3n) is 4.72. The zero-order valence-corrected chi connectivity index (χ0v) is 16.6. The Hall–Kier alpha value is -1.75. The van der Waals surface area contributed by atoms with Crippen molar-refractivity contribution in [3.63, 3.8) is 0 Å². The number of likely N-dealkylation sites (tertiary alicyclic amines) is 1. The Kier molecular flexibility index (Phi) is 8.17. The summed E-state index contributed by atoms with van der Waals surface area (Å²) in [5.74, 6) is 0. The van der Waals surface area contributed by atoms with E-state index in [1.54, 1.807) is 12.1 Å². The zero-order valence-electron chi connectivity index (χ0n) is 15.8. The van der Waals surface area contributed by atoms with E-state index in [0.29, 0.717) is 13.0 Å². The minimum Gasteiger partial charge on any atom is -0.465 e. The number of benzene rings is 1. The lowest BCUT2D eigenvalue weighted by Gasteiger charge is -2.36. The molecule has 3 N–H and O–H groups in total. The van der Waals surface area contributed by atoms with E-state index in [-0.39, 0.29) is 17.5 Å². The van der Waals surface area contributed by atoms with Crippen LogP contribution in [-0.2, 0) is 14.9 Å². The van der Waals surface area contributed by atoms with Crippen LogP contribution in [0.25, 0.3) is 0 Å². The molecule has 2 aliphatic heterocycles. The molecular formula is C18H27FN2O6S. The monoisotopic (exact) mass is 418 g/mol. The van der Waals surface area contributed by atoms with Gasteiger partial charge in [0.1, 0.15) is 6.17 Å². The lowest BCUT2D eigenvalue weighted by atomic mass is 10.0. The van der Waals surface area contributed by atoms with Crippen molar-refractivity contribution in [3.8, 4) is 0 Å². The number of nitrogens with zero attached hydrogens (tertiary/aromatic N) is 1. The maximum Gasteiger partial charge on any atom is 0.407 e. The Labute approximate surface area is 164 Å². The number of hydrogen-bond acceptors (Lipinski definition) is 5. The zero-order chi connectivity index (χ0) is 20.7. The summed E-state index contributed by atoms with van der Waals surface area (Å²) in [4.78, 5) is 11.8. The van der Waals surface area contributed by atoms with E-state index in [2.05, 4.69) is 5.32 Å². The second kappa shape index (κ2) is 10.1. The molecule has 2 heterocycles. The fourth-order valence-corrected chi connectivity index (χ4v) is 3.58. The van der Waals surface area contributed by atoms with Crippen LogP contribution in [0.5, 0.6) is 0 Å². The highest BCUT2D eigenvalue weighted by molar-refractivity contribution is 7.85. The first-order valence-electron chi connectivity index (χ1n) is 9.19. The number of nitrogens with one attached hydrogen (secondary N) is 1. The number of amides is 1. The first-order valence-corrected chi connectivity index (χ1v) is 10.6. The highest BCUT2D eigenvalue weighted by atomic mass is 32.2. The molecule has 1 aromatic rings. The van der Waals surface area contributed by atoms with Gasteiger partial charge in [-0.25, -0.2) is 9.18 Å². The molecule has 8 nitrogen and oxygen atoms in total. The van der Waals surface area contributed by atoms with Crippen LogP contribution < -0.4 is 5.32 Å². The molecule has 1 amide bonds. The Morgan fingerprint density at radius 3 is 2.32 bits per heavy atom. The van der Waals surface area contributed by atoms with E-state index in [9.17, 15) is 17.6 Å². The fourth-order valence-electron chi connectivity index (χ4n) is 3.10. The largest absolute Gasteiger partial charge is 0.465 e. The summed E-state index contributed by atoms with van der Waals surface area (Å²) in [5.41, 5.74) is 0.956. The standard InChI is InChI=1S/C11H19FN2O3.C7H8O3S/c12-9-7-14(11(15)16)6-3-10(9)17-8-1-4-13-5-2-8;1-6-2-4-7(5-3-6)11(8,9)10/h8-10,13H,1-7H2,(H,15,16);2-5H,1H3,(H,8,9,10)/t9-,10-;/m1./s1. The molecule has 2 saturated heterocycles. The molecule has 0 saturated carbocycles. The number of aryl methyl sites for hydroxylation is 1. The van der Waals surface area contributed by atoms with E-state index in [0.717, 1.165) is 36.4 Å². The minimum absolute atomic E-state index is 0.0645. The summed E-state index contributed by atoms with van der Waals surface area (Å²) >= 11 is 0. The van der Waals surface area contributed by atoms with E-state index < -0.39 is 28.5 Å². The number of rotatable bonds is 3. The Morgan fingerprint density at radius 1 is 1.21 bits per heavy atom. The van der Waals surface area contributed by atoms with Crippen molar-refractivity contribution in [2.24, 2.45) is 0 Å². The molecule has 0 aromatic heterocycles. The predicted octanol–water partition coefficient (Wildman–Crippen LogP) is 2.09. The first-order chi connectivity index (χ1) is 13.2. The van der Waals surface area contributed by atoms with Crippen LogP contribution in [0.15, 0.2) is 29.2 Å². The summed E-state index contributed by atoms with van der Waals surface area (Å²) in [5, 5.41) is 12.0. The minimum atomic E-state index is -4.02. The number of carbonyl (C=O) groups is 1. The molecule has 0 aliphatic carbocycles. The highest BCUT2D eigenvalue weighted by Gasteiger charge is 2.33. The number of alkyl halides is 1. The predicted molar refractivity (Wildman–Crippen MR) is 101 cm³/mol. The maximum absolute atomic E-state index is 13.8. The van der Waals surface area contributed by atoms with Crippen molar-refractivity contribution in [3.05, 3.63) is 29.8 Å². The van der Waals surface area contributed by atoms with Crippen molar-refractivity contribution in [2.75, 3.05) is 26.2 Å². The molecule has 3 rings (SSSR count). The number of piperidine rings is 2. The van der Waals surface area contributed by atoms with Gasteiger partial charge in [-0.1, -0.05) is 17.7 Å². The summed E-state index contributed by atoms with van der Waals surface area (Å²) in [6, 6.07) is 5.99. The van der Waals surface area contributed by atoms with Gasteiger partial charge in [0.05, 0.1) is 23.6 Å². The number of hydrogen-bond donors (Lipinski definition) is 3. The van der Waals surface area contributed by atoms with Crippen LogP contribution in [0.4, 0.5) is 9.18 Å². The number of ether oxygens (including phenoxy) is 1. The van der Waals surface area contributed by atoms with Crippen molar-refractivity contribution < 1.29 is 32.0 Å². The van der Waals surface area contributed by atoms with Crippen LogP contribution in [0, 0.1) is 6.92 Å². The molecule has 158 valence electrons. The van der Waals surface area contributed by atoms with E-state index in [1.807, 2.05) is 6.92 Å². The Morgan fingerprint density at radius 2 is 1.82 bits per heavy atom. The van der Waals surface area contributed by atoms with Gasteiger partial charge in [0.15, 0.2) is 0 Å². The Bertz CT molecular complexity index is 737. The molecule has 2 fully saturated rings. The third kappa shape index (κ3) is 7.01. The quantitative estimate of drug-likeness (QED) is 0.644. The first kappa shape index (κ1) is 22.5. The molecule has 2 aliphatic rings.